The third-order valence-electron chi connectivity index (χ3n) is 7.11. The molecule has 0 aliphatic rings. The largest absolute Gasteiger partial charge is 0.487 e. The van der Waals surface area contributed by atoms with Crippen LogP contribution in [0.5, 0.6) is 11.5 Å². The van der Waals surface area contributed by atoms with Crippen LogP contribution in [0, 0.1) is 0 Å². The maximum Gasteiger partial charge on any atom is 0.354 e. The Labute approximate surface area is 275 Å². The number of hydrogen-bond acceptors (Lipinski definition) is 7. The quantitative estimate of drug-likeness (QED) is 0.0797. The van der Waals surface area contributed by atoms with E-state index in [4.69, 9.17) is 9.47 Å². The summed E-state index contributed by atoms with van der Waals surface area (Å²) in [6.45, 7) is 0.560. The average molecular weight is 593 g/mol. The number of fused-ring (bicyclic) bond motifs is 2. The van der Waals surface area contributed by atoms with E-state index in [1.807, 2.05) is 72.8 Å². The summed E-state index contributed by atoms with van der Waals surface area (Å²) >= 11 is 0. The molecule has 2 heterocycles. The van der Waals surface area contributed by atoms with Gasteiger partial charge in [0.05, 0.1) is 28.3 Å². The molecule has 1 radical (unpaired) electrons. The van der Waals surface area contributed by atoms with Crippen LogP contribution in [0.2, 0.25) is 0 Å². The Morgan fingerprint density at radius 1 is 0.636 bits per heavy atom. The van der Waals surface area contributed by atoms with E-state index in [0.29, 0.717) is 22.6 Å². The molecule has 44 heavy (non-hydrogen) atoms. The Morgan fingerprint density at radius 3 is 1.48 bits per heavy atom. The average Bonchev–Trinajstić information content (AvgIpc) is 3.05. The Morgan fingerprint density at radius 2 is 1.07 bits per heavy atom. The zero-order chi connectivity index (χ0) is 29.6. The van der Waals surface area contributed by atoms with Crippen molar-refractivity contribution >= 4 is 63.0 Å². The second-order valence-electron chi connectivity index (χ2n) is 9.93. The summed E-state index contributed by atoms with van der Waals surface area (Å²) in [6.07, 6.45) is 0. The molecule has 8 nitrogen and oxygen atoms in total. The van der Waals surface area contributed by atoms with Gasteiger partial charge in [-0.05, 0) is 59.7 Å². The number of para-hydroxylation sites is 2. The van der Waals surface area contributed by atoms with E-state index < -0.39 is 17.6 Å². The van der Waals surface area contributed by atoms with E-state index >= 15 is 0 Å². The first-order valence-corrected chi connectivity index (χ1v) is 13.7. The zero-order valence-corrected chi connectivity index (χ0v) is 26.0. The number of hydrogen-bond donors (Lipinski definition) is 2. The number of pyridine rings is 2. The first kappa shape index (κ1) is 30.7. The molecule has 0 aliphatic carbocycles. The molecule has 9 heteroatoms. The van der Waals surface area contributed by atoms with Crippen molar-refractivity contribution < 1.29 is 24.6 Å². The molecule has 0 saturated carbocycles. The van der Waals surface area contributed by atoms with Crippen molar-refractivity contribution in [3.8, 4) is 11.5 Å². The first-order chi connectivity index (χ1) is 21.1. The third kappa shape index (κ3) is 7.06. The monoisotopic (exact) mass is 592 g/mol. The van der Waals surface area contributed by atoms with Crippen molar-refractivity contribution in [1.29, 1.82) is 0 Å². The smallest absolute Gasteiger partial charge is 0.354 e. The normalized spacial score (nSPS) is 11.3. The molecule has 0 bridgehead atoms. The van der Waals surface area contributed by atoms with E-state index in [0.717, 1.165) is 33.2 Å². The number of carboxylic acids is 1. The fourth-order valence-electron chi connectivity index (χ4n) is 4.94. The molecule has 6 rings (SSSR count). The van der Waals surface area contributed by atoms with Crippen LogP contribution in [0.4, 0.5) is 0 Å². The summed E-state index contributed by atoms with van der Waals surface area (Å²) in [7, 11) is 0. The fraction of sp³-hybridized carbons (Fsp3) is 0.0857. The minimum Gasteiger partial charge on any atom is -0.487 e. The van der Waals surface area contributed by atoms with Gasteiger partial charge in [0.2, 0.25) is 0 Å². The minimum atomic E-state index is -1.32. The topological polar surface area (TPSA) is 114 Å². The van der Waals surface area contributed by atoms with Crippen molar-refractivity contribution in [3.63, 3.8) is 0 Å². The summed E-state index contributed by atoms with van der Waals surface area (Å²) in [4.78, 5) is 21.3. The predicted molar refractivity (Wildman–Crippen MR) is 169 cm³/mol. The van der Waals surface area contributed by atoms with Gasteiger partial charge in [0.25, 0.3) is 0 Å². The van der Waals surface area contributed by atoms with Crippen LogP contribution in [-0.4, -0.2) is 61.5 Å². The number of aliphatic carboxylic acids is 1. The number of carboxylic acid groups (broad SMARTS) is 1. The molecule has 2 N–H and O–H groups in total. The third-order valence-corrected chi connectivity index (χ3v) is 7.11. The minimum absolute atomic E-state index is 0. The molecule has 0 fully saturated rings. The van der Waals surface area contributed by atoms with Gasteiger partial charge in [-0.15, -0.1) is 0 Å². The molecule has 6 aromatic rings. The summed E-state index contributed by atoms with van der Waals surface area (Å²) in [5, 5.41) is 24.6. The van der Waals surface area contributed by atoms with Gasteiger partial charge in [0, 0.05) is 40.3 Å². The number of aromatic nitrogens is 2. The number of ether oxygens (including phenoxy) is 2. The summed E-state index contributed by atoms with van der Waals surface area (Å²) in [6, 6.07) is 37.7. The molecule has 0 unspecified atom stereocenters. The Hall–Kier alpha value is -4.76. The van der Waals surface area contributed by atoms with Gasteiger partial charge >= 0.3 is 5.97 Å². The number of oxime groups is 1. The Balaban J connectivity index is 0.00000384. The molecule has 213 valence electrons. The second-order valence-corrected chi connectivity index (χ2v) is 9.93. The first-order valence-electron chi connectivity index (χ1n) is 13.7. The van der Waals surface area contributed by atoms with Crippen LogP contribution < -0.4 is 9.47 Å². The van der Waals surface area contributed by atoms with Crippen LogP contribution >= 0.6 is 0 Å². The van der Waals surface area contributed by atoms with E-state index in [1.54, 1.807) is 48.5 Å². The molecular weight excluding hydrogens is 565 g/mol. The van der Waals surface area contributed by atoms with Crippen molar-refractivity contribution in [3.05, 3.63) is 144 Å². The van der Waals surface area contributed by atoms with Crippen LogP contribution in [0.15, 0.2) is 126 Å². The zero-order valence-electron chi connectivity index (χ0n) is 24.0. The van der Waals surface area contributed by atoms with Crippen LogP contribution in [-0.2, 0) is 18.0 Å². The Kier molecular flexibility index (Phi) is 9.86. The van der Waals surface area contributed by atoms with Crippen molar-refractivity contribution in [1.82, 2.24) is 9.97 Å². The van der Waals surface area contributed by atoms with Gasteiger partial charge in [-0.1, -0.05) is 78.0 Å². The maximum atomic E-state index is 12.0. The van der Waals surface area contributed by atoms with Crippen LogP contribution in [0.3, 0.4) is 0 Å². The fourth-order valence-corrected chi connectivity index (χ4v) is 4.94. The van der Waals surface area contributed by atoms with Crippen LogP contribution in [0.1, 0.15) is 28.4 Å². The SMILES string of the molecule is O=C(O)C(=NO)C(c1ccc(OCc2ccc3ccccc3n2)cc1)c1ccc(OCc2ccc3ccccc3n2)cc1.[Na]. The summed E-state index contributed by atoms with van der Waals surface area (Å²) in [5.41, 5.74) is 4.23. The van der Waals surface area contributed by atoms with Gasteiger partial charge < -0.3 is 19.8 Å². The van der Waals surface area contributed by atoms with Gasteiger partial charge in [-0.25, -0.2) is 14.8 Å². The molecule has 0 atom stereocenters. The molecular formula is C35H27N3NaO5. The van der Waals surface area contributed by atoms with E-state index in [1.165, 1.54) is 0 Å². The van der Waals surface area contributed by atoms with E-state index in [9.17, 15) is 15.1 Å². The Bertz CT molecular complexity index is 1800. The van der Waals surface area contributed by atoms with Gasteiger partial charge in [-0.2, -0.15) is 0 Å². The molecule has 0 aliphatic heterocycles. The van der Waals surface area contributed by atoms with Crippen molar-refractivity contribution in [2.45, 2.75) is 19.1 Å². The van der Waals surface area contributed by atoms with E-state index in [2.05, 4.69) is 15.1 Å². The molecule has 2 aromatic heterocycles. The maximum absolute atomic E-state index is 12.0. The molecule has 4 aromatic carbocycles. The molecule has 0 amide bonds. The second kappa shape index (κ2) is 14.1. The van der Waals surface area contributed by atoms with Gasteiger partial charge in [-0.3, -0.25) is 0 Å². The van der Waals surface area contributed by atoms with Gasteiger partial charge in [0.1, 0.15) is 24.7 Å². The number of carbonyl (C=O) groups is 1. The molecule has 0 saturated heterocycles. The summed E-state index contributed by atoms with van der Waals surface area (Å²) in [5.74, 6) is -0.949. The summed E-state index contributed by atoms with van der Waals surface area (Å²) < 4.78 is 11.9. The standard InChI is InChI=1S/C35H27N3O5.Na/c39-35(40)34(38-41)33(25-11-17-29(18-12-25)42-21-27-15-9-23-5-1-3-7-31(23)36-27)26-13-19-30(20-14-26)43-22-28-16-10-24-6-2-4-8-32(24)37-28;/h1-20,33,41H,21-22H2,(H,39,40);. The van der Waals surface area contributed by atoms with Crippen molar-refractivity contribution in [2.24, 2.45) is 5.16 Å². The number of nitrogens with zero attached hydrogens (tertiary/aromatic N) is 3. The number of benzene rings is 4. The van der Waals surface area contributed by atoms with Crippen molar-refractivity contribution in [2.75, 3.05) is 0 Å². The number of rotatable bonds is 10. The molecule has 0 spiro atoms. The van der Waals surface area contributed by atoms with Gasteiger partial charge in [0.15, 0.2) is 5.71 Å². The van der Waals surface area contributed by atoms with Crippen LogP contribution in [0.25, 0.3) is 21.8 Å². The van der Waals surface area contributed by atoms with E-state index in [-0.39, 0.29) is 42.8 Å². The predicted octanol–water partition coefficient (Wildman–Crippen LogP) is 6.61.